The number of alkyl halides is 3. The van der Waals surface area contributed by atoms with Crippen LogP contribution in [0.2, 0.25) is 5.02 Å². The molecular formula is C16H12ClF4N3O. The highest BCUT2D eigenvalue weighted by molar-refractivity contribution is 6.33. The van der Waals surface area contributed by atoms with E-state index < -0.39 is 23.5 Å². The van der Waals surface area contributed by atoms with E-state index in [9.17, 15) is 22.4 Å². The van der Waals surface area contributed by atoms with E-state index in [1.54, 1.807) is 11.0 Å². The minimum Gasteiger partial charge on any atom is -0.351 e. The Morgan fingerprint density at radius 3 is 2.56 bits per heavy atom. The Kier molecular flexibility index (Phi) is 4.55. The molecule has 25 heavy (non-hydrogen) atoms. The number of carbonyl (C=O) groups is 1. The molecule has 0 spiro atoms. The first-order valence-corrected chi connectivity index (χ1v) is 7.66. The lowest BCUT2D eigenvalue weighted by atomic mass is 10.1. The Bertz CT molecular complexity index is 806. The fourth-order valence-corrected chi connectivity index (χ4v) is 2.76. The summed E-state index contributed by atoms with van der Waals surface area (Å²) in [5.74, 6) is -0.955. The third-order valence-corrected chi connectivity index (χ3v) is 4.06. The van der Waals surface area contributed by atoms with E-state index in [0.29, 0.717) is 19.3 Å². The molecule has 1 saturated heterocycles. The third kappa shape index (κ3) is 3.68. The van der Waals surface area contributed by atoms with E-state index in [0.717, 1.165) is 6.07 Å². The van der Waals surface area contributed by atoms with Gasteiger partial charge in [-0.15, -0.1) is 0 Å². The predicted molar refractivity (Wildman–Crippen MR) is 84.1 cm³/mol. The number of nitrogens with one attached hydrogen (secondary N) is 1. The van der Waals surface area contributed by atoms with Crippen LogP contribution in [0.4, 0.5) is 23.4 Å². The van der Waals surface area contributed by atoms with Crippen molar-refractivity contribution in [2.75, 3.05) is 18.0 Å². The lowest BCUT2D eigenvalue weighted by molar-refractivity contribution is -0.137. The van der Waals surface area contributed by atoms with E-state index in [1.165, 1.54) is 18.2 Å². The van der Waals surface area contributed by atoms with E-state index in [1.807, 2.05) is 0 Å². The van der Waals surface area contributed by atoms with Crippen molar-refractivity contribution in [1.29, 1.82) is 0 Å². The van der Waals surface area contributed by atoms with Crippen LogP contribution >= 0.6 is 11.6 Å². The summed E-state index contributed by atoms with van der Waals surface area (Å²) in [5, 5.41) is 2.54. The molecule has 0 aliphatic carbocycles. The number of nitrogens with zero attached hydrogens (tertiary/aromatic N) is 2. The first kappa shape index (κ1) is 17.5. The van der Waals surface area contributed by atoms with Crippen LogP contribution in [0.25, 0.3) is 0 Å². The number of aromatic nitrogens is 1. The maximum atomic E-state index is 13.6. The number of benzene rings is 1. The minimum absolute atomic E-state index is 0.0633. The fourth-order valence-electron chi connectivity index (χ4n) is 2.47. The molecule has 1 aliphatic heterocycles. The summed E-state index contributed by atoms with van der Waals surface area (Å²) < 4.78 is 51.4. The summed E-state index contributed by atoms with van der Waals surface area (Å²) >= 11 is 5.87. The molecular weight excluding hydrogens is 362 g/mol. The summed E-state index contributed by atoms with van der Waals surface area (Å²) in [6, 6.07) is 6.14. The van der Waals surface area contributed by atoms with E-state index in [-0.39, 0.29) is 22.4 Å². The van der Waals surface area contributed by atoms with Crippen molar-refractivity contribution in [1.82, 2.24) is 10.3 Å². The van der Waals surface area contributed by atoms with Crippen LogP contribution in [-0.2, 0) is 6.18 Å². The Labute approximate surface area is 145 Å². The van der Waals surface area contributed by atoms with E-state index >= 15 is 0 Å². The highest BCUT2D eigenvalue weighted by Gasteiger charge is 2.34. The predicted octanol–water partition coefficient (Wildman–Crippen LogP) is 3.51. The number of carbonyl (C=O) groups excluding carboxylic acids is 1. The highest BCUT2D eigenvalue weighted by atomic mass is 35.5. The van der Waals surface area contributed by atoms with Gasteiger partial charge in [0.05, 0.1) is 22.2 Å². The Morgan fingerprint density at radius 1 is 1.28 bits per heavy atom. The van der Waals surface area contributed by atoms with Gasteiger partial charge < -0.3 is 10.2 Å². The van der Waals surface area contributed by atoms with E-state index in [4.69, 9.17) is 11.6 Å². The van der Waals surface area contributed by atoms with E-state index in [2.05, 4.69) is 10.3 Å². The first-order chi connectivity index (χ1) is 11.8. The van der Waals surface area contributed by atoms with Gasteiger partial charge in [0.15, 0.2) is 0 Å². The molecule has 2 aromatic rings. The van der Waals surface area contributed by atoms with Crippen molar-refractivity contribution in [3.05, 3.63) is 58.5 Å². The molecule has 0 bridgehead atoms. The molecule has 1 N–H and O–H groups in total. The molecule has 2 heterocycles. The molecule has 1 aromatic heterocycles. The Balaban J connectivity index is 1.61. The van der Waals surface area contributed by atoms with Crippen molar-refractivity contribution >= 4 is 23.3 Å². The normalized spacial score (nSPS) is 15.0. The molecule has 3 rings (SSSR count). The number of hydrogen-bond donors (Lipinski definition) is 1. The molecule has 1 amide bonds. The number of anilines is 1. The van der Waals surface area contributed by atoms with Crippen LogP contribution in [0.15, 0.2) is 36.5 Å². The molecule has 9 heteroatoms. The standard InChI is InChI=1S/C16H12ClF4N3O/c17-12-5-9(16(19,20)21)6-22-14(12)24-7-10(8-24)23-15(25)11-3-1-2-4-13(11)18/h1-6,10H,7-8H2,(H,23,25). The number of rotatable bonds is 3. The van der Waals surface area contributed by atoms with Gasteiger partial charge in [-0.05, 0) is 18.2 Å². The van der Waals surface area contributed by atoms with Crippen LogP contribution in [0.1, 0.15) is 15.9 Å². The summed E-state index contributed by atoms with van der Waals surface area (Å²) in [6.45, 7) is 0.635. The van der Waals surface area contributed by atoms with Gasteiger partial charge in [0.25, 0.3) is 5.91 Å². The topological polar surface area (TPSA) is 45.2 Å². The van der Waals surface area contributed by atoms with Gasteiger partial charge in [-0.1, -0.05) is 23.7 Å². The minimum atomic E-state index is -4.51. The monoisotopic (exact) mass is 373 g/mol. The molecule has 0 radical (unpaired) electrons. The van der Waals surface area contributed by atoms with Crippen LogP contribution in [-0.4, -0.2) is 30.0 Å². The molecule has 4 nitrogen and oxygen atoms in total. The van der Waals surface area contributed by atoms with Gasteiger partial charge in [0.2, 0.25) is 0 Å². The van der Waals surface area contributed by atoms with Crippen LogP contribution in [0.5, 0.6) is 0 Å². The molecule has 1 aromatic carbocycles. The lowest BCUT2D eigenvalue weighted by Crippen LogP contribution is -2.59. The number of hydrogen-bond acceptors (Lipinski definition) is 3. The van der Waals surface area contributed by atoms with Crippen LogP contribution in [0, 0.1) is 5.82 Å². The zero-order chi connectivity index (χ0) is 18.2. The average Bonchev–Trinajstić information content (AvgIpc) is 2.50. The smallest absolute Gasteiger partial charge is 0.351 e. The summed E-state index contributed by atoms with van der Waals surface area (Å²) in [7, 11) is 0. The quantitative estimate of drug-likeness (QED) is 0.837. The van der Waals surface area contributed by atoms with Gasteiger partial charge in [-0.2, -0.15) is 13.2 Å². The third-order valence-electron chi connectivity index (χ3n) is 3.78. The zero-order valence-electron chi connectivity index (χ0n) is 12.6. The molecule has 132 valence electrons. The molecule has 0 atom stereocenters. The Hall–Kier alpha value is -2.35. The molecule has 1 aliphatic rings. The van der Waals surface area contributed by atoms with Gasteiger partial charge >= 0.3 is 6.18 Å². The van der Waals surface area contributed by atoms with Crippen molar-refractivity contribution in [2.45, 2.75) is 12.2 Å². The van der Waals surface area contributed by atoms with Gasteiger partial charge in [0, 0.05) is 19.3 Å². The van der Waals surface area contributed by atoms with Crippen molar-refractivity contribution in [3.63, 3.8) is 0 Å². The number of pyridine rings is 1. The van der Waals surface area contributed by atoms with Gasteiger partial charge in [0.1, 0.15) is 11.6 Å². The van der Waals surface area contributed by atoms with Crippen LogP contribution < -0.4 is 10.2 Å². The summed E-state index contributed by atoms with van der Waals surface area (Å²) in [6.07, 6.45) is -3.80. The van der Waals surface area contributed by atoms with Crippen LogP contribution in [0.3, 0.4) is 0 Å². The molecule has 1 fully saturated rings. The fraction of sp³-hybridized carbons (Fsp3) is 0.250. The maximum Gasteiger partial charge on any atom is 0.417 e. The largest absolute Gasteiger partial charge is 0.417 e. The first-order valence-electron chi connectivity index (χ1n) is 7.29. The highest BCUT2D eigenvalue weighted by Crippen LogP contribution is 2.34. The molecule has 0 saturated carbocycles. The number of halogens is 5. The van der Waals surface area contributed by atoms with Gasteiger partial charge in [-0.3, -0.25) is 4.79 Å². The Morgan fingerprint density at radius 2 is 1.96 bits per heavy atom. The van der Waals surface area contributed by atoms with Crippen molar-refractivity contribution < 1.29 is 22.4 Å². The second-order valence-electron chi connectivity index (χ2n) is 5.58. The number of amides is 1. The zero-order valence-corrected chi connectivity index (χ0v) is 13.4. The molecule has 0 unspecified atom stereocenters. The van der Waals surface area contributed by atoms with Gasteiger partial charge in [-0.25, -0.2) is 9.37 Å². The second-order valence-corrected chi connectivity index (χ2v) is 5.99. The summed E-state index contributed by atoms with van der Waals surface area (Å²) in [5.41, 5.74) is -0.988. The van der Waals surface area contributed by atoms with Crippen molar-refractivity contribution in [3.8, 4) is 0 Å². The second kappa shape index (κ2) is 6.51. The maximum absolute atomic E-state index is 13.6. The van der Waals surface area contributed by atoms with Crippen molar-refractivity contribution in [2.24, 2.45) is 0 Å². The SMILES string of the molecule is O=C(NC1CN(c2ncc(C(F)(F)F)cc2Cl)C1)c1ccccc1F. The lowest BCUT2D eigenvalue weighted by Gasteiger charge is -2.40. The average molecular weight is 374 g/mol. The summed E-state index contributed by atoms with van der Waals surface area (Å²) in [4.78, 5) is 17.4.